The number of nitrogens with one attached hydrogen (secondary N) is 2. The van der Waals surface area contributed by atoms with Crippen molar-refractivity contribution in [1.82, 2.24) is 24.3 Å². The molecule has 23 heavy (non-hydrogen) atoms. The summed E-state index contributed by atoms with van der Waals surface area (Å²) in [6, 6.07) is 0. The van der Waals surface area contributed by atoms with E-state index in [2.05, 4.69) is 25.0 Å². The third-order valence-corrected chi connectivity index (χ3v) is 4.50. The Labute approximate surface area is 133 Å². The average Bonchev–Trinajstić information content (AvgIpc) is 3.20. The Balaban J connectivity index is 1.73. The van der Waals surface area contributed by atoms with E-state index in [0.29, 0.717) is 5.56 Å². The van der Waals surface area contributed by atoms with Crippen molar-refractivity contribution in [3.63, 3.8) is 0 Å². The molecule has 3 aromatic rings. The summed E-state index contributed by atoms with van der Waals surface area (Å²) < 4.78 is 3.85. The van der Waals surface area contributed by atoms with E-state index in [1.54, 1.807) is 17.1 Å². The van der Waals surface area contributed by atoms with E-state index in [-0.39, 0.29) is 5.91 Å². The molecule has 0 aromatic carbocycles. The van der Waals surface area contributed by atoms with Crippen molar-refractivity contribution in [3.05, 3.63) is 41.2 Å². The number of aryl methyl sites for hydroxylation is 4. The van der Waals surface area contributed by atoms with Crippen LogP contribution in [0, 0.1) is 13.8 Å². The predicted octanol–water partition coefficient (Wildman–Crippen LogP) is 2.04. The third kappa shape index (κ3) is 2.00. The van der Waals surface area contributed by atoms with Crippen LogP contribution in [0.1, 0.15) is 27.4 Å². The SMILES string of the molecule is Cc1nn(C)c(C)c1NC(=O)c1c[nH]c2c1-c1nccn1CC2. The number of hydrogen-bond donors (Lipinski definition) is 2. The molecule has 3 aromatic heterocycles. The van der Waals surface area contributed by atoms with Gasteiger partial charge in [-0.05, 0) is 13.8 Å². The lowest BCUT2D eigenvalue weighted by molar-refractivity contribution is 0.102. The van der Waals surface area contributed by atoms with Gasteiger partial charge < -0.3 is 14.9 Å². The smallest absolute Gasteiger partial charge is 0.258 e. The molecule has 0 aliphatic carbocycles. The molecule has 0 unspecified atom stereocenters. The number of fused-ring (bicyclic) bond motifs is 3. The maximum Gasteiger partial charge on any atom is 0.258 e. The lowest BCUT2D eigenvalue weighted by atomic mass is 10.0. The van der Waals surface area contributed by atoms with Gasteiger partial charge in [0.25, 0.3) is 5.91 Å². The van der Waals surface area contributed by atoms with Gasteiger partial charge in [0, 0.05) is 44.3 Å². The van der Waals surface area contributed by atoms with Gasteiger partial charge in [-0.1, -0.05) is 0 Å². The van der Waals surface area contributed by atoms with Gasteiger partial charge in [-0.25, -0.2) is 4.98 Å². The van der Waals surface area contributed by atoms with Gasteiger partial charge in [0.05, 0.1) is 28.2 Å². The fourth-order valence-corrected chi connectivity index (χ4v) is 3.18. The van der Waals surface area contributed by atoms with Gasteiger partial charge in [-0.3, -0.25) is 9.48 Å². The Morgan fingerprint density at radius 1 is 1.39 bits per heavy atom. The lowest BCUT2D eigenvalue weighted by Gasteiger charge is -2.15. The summed E-state index contributed by atoms with van der Waals surface area (Å²) in [6.07, 6.45) is 6.36. The summed E-state index contributed by atoms with van der Waals surface area (Å²) in [5.41, 5.74) is 5.10. The summed E-state index contributed by atoms with van der Waals surface area (Å²) in [5.74, 6) is 0.704. The molecular weight excluding hydrogens is 292 g/mol. The van der Waals surface area contributed by atoms with Crippen LogP contribution in [0.25, 0.3) is 11.4 Å². The van der Waals surface area contributed by atoms with E-state index in [9.17, 15) is 4.79 Å². The molecule has 0 bridgehead atoms. The summed E-state index contributed by atoms with van der Waals surface area (Å²) in [7, 11) is 1.87. The number of carbonyl (C=O) groups is 1. The molecule has 0 spiro atoms. The topological polar surface area (TPSA) is 80.5 Å². The maximum absolute atomic E-state index is 12.8. The first-order chi connectivity index (χ1) is 11.1. The minimum absolute atomic E-state index is 0.141. The molecular formula is C16H18N6O. The van der Waals surface area contributed by atoms with Crippen molar-refractivity contribution in [3.8, 4) is 11.4 Å². The Bertz CT molecular complexity index is 913. The fourth-order valence-electron chi connectivity index (χ4n) is 3.18. The average molecular weight is 310 g/mol. The molecule has 1 aliphatic heterocycles. The van der Waals surface area contributed by atoms with Crippen LogP contribution in [-0.2, 0) is 20.0 Å². The van der Waals surface area contributed by atoms with Gasteiger partial charge >= 0.3 is 0 Å². The zero-order valence-electron chi connectivity index (χ0n) is 13.3. The molecule has 7 heteroatoms. The van der Waals surface area contributed by atoms with E-state index in [1.165, 1.54) is 0 Å². The molecule has 0 radical (unpaired) electrons. The highest BCUT2D eigenvalue weighted by Gasteiger charge is 2.26. The molecule has 0 saturated carbocycles. The van der Waals surface area contributed by atoms with Gasteiger partial charge in [0.1, 0.15) is 5.82 Å². The number of carbonyl (C=O) groups excluding carboxylic acids is 1. The molecule has 1 amide bonds. The van der Waals surface area contributed by atoms with Crippen LogP contribution in [-0.4, -0.2) is 30.2 Å². The number of imidazole rings is 1. The third-order valence-electron chi connectivity index (χ3n) is 4.50. The van der Waals surface area contributed by atoms with Gasteiger partial charge in [0.2, 0.25) is 0 Å². The second-order valence-corrected chi connectivity index (χ2v) is 5.87. The zero-order valence-corrected chi connectivity index (χ0v) is 13.3. The van der Waals surface area contributed by atoms with E-state index in [1.807, 2.05) is 27.1 Å². The molecule has 2 N–H and O–H groups in total. The van der Waals surface area contributed by atoms with Gasteiger partial charge in [0.15, 0.2) is 0 Å². The molecule has 4 heterocycles. The van der Waals surface area contributed by atoms with E-state index in [4.69, 9.17) is 0 Å². The maximum atomic E-state index is 12.8. The number of amides is 1. The normalized spacial score (nSPS) is 12.8. The monoisotopic (exact) mass is 310 g/mol. The number of rotatable bonds is 2. The summed E-state index contributed by atoms with van der Waals surface area (Å²) in [6.45, 7) is 4.71. The van der Waals surface area contributed by atoms with Crippen LogP contribution in [0.5, 0.6) is 0 Å². The summed E-state index contributed by atoms with van der Waals surface area (Å²) >= 11 is 0. The first-order valence-electron chi connectivity index (χ1n) is 7.59. The first kappa shape index (κ1) is 13.8. The van der Waals surface area contributed by atoms with Crippen LogP contribution in [0.4, 0.5) is 5.69 Å². The number of aromatic nitrogens is 5. The summed E-state index contributed by atoms with van der Waals surface area (Å²) in [4.78, 5) is 20.4. The van der Waals surface area contributed by atoms with E-state index >= 15 is 0 Å². The number of nitrogens with zero attached hydrogens (tertiary/aromatic N) is 4. The van der Waals surface area contributed by atoms with Crippen molar-refractivity contribution in [1.29, 1.82) is 0 Å². The van der Waals surface area contributed by atoms with Crippen molar-refractivity contribution in [2.45, 2.75) is 26.8 Å². The Hall–Kier alpha value is -2.83. The molecule has 1 aliphatic rings. The van der Waals surface area contributed by atoms with E-state index < -0.39 is 0 Å². The standard InChI is InChI=1S/C16H18N6O/c1-9-14(10(2)21(3)20-9)19-16(23)11-8-18-12-4-6-22-7-5-17-15(22)13(11)12/h5,7-8,18H,4,6H2,1-3H3,(H,19,23). The van der Waals surface area contributed by atoms with Crippen LogP contribution in [0.3, 0.4) is 0 Å². The molecule has 118 valence electrons. The fraction of sp³-hybridized carbons (Fsp3) is 0.312. The number of aromatic amines is 1. The van der Waals surface area contributed by atoms with Crippen LogP contribution in [0.2, 0.25) is 0 Å². The van der Waals surface area contributed by atoms with Crippen LogP contribution >= 0.6 is 0 Å². The van der Waals surface area contributed by atoms with Crippen molar-refractivity contribution >= 4 is 11.6 Å². The molecule has 0 fully saturated rings. The molecule has 7 nitrogen and oxygen atoms in total. The molecule has 4 rings (SSSR count). The first-order valence-corrected chi connectivity index (χ1v) is 7.59. The summed E-state index contributed by atoms with van der Waals surface area (Å²) in [5, 5.41) is 7.33. The van der Waals surface area contributed by atoms with Gasteiger partial charge in [-0.2, -0.15) is 5.10 Å². The lowest BCUT2D eigenvalue weighted by Crippen LogP contribution is -2.16. The largest absolute Gasteiger partial charge is 0.364 e. The minimum atomic E-state index is -0.141. The van der Waals surface area contributed by atoms with Crippen LogP contribution in [0.15, 0.2) is 18.6 Å². The Morgan fingerprint density at radius 3 is 2.96 bits per heavy atom. The second kappa shape index (κ2) is 4.84. The zero-order chi connectivity index (χ0) is 16.1. The Kier molecular flexibility index (Phi) is 2.90. The molecule has 0 saturated heterocycles. The number of hydrogen-bond acceptors (Lipinski definition) is 3. The predicted molar refractivity (Wildman–Crippen MR) is 86.4 cm³/mol. The molecule has 0 atom stereocenters. The van der Waals surface area contributed by atoms with Gasteiger partial charge in [-0.15, -0.1) is 0 Å². The van der Waals surface area contributed by atoms with E-state index in [0.717, 1.165) is 47.1 Å². The van der Waals surface area contributed by atoms with Crippen molar-refractivity contribution in [2.75, 3.05) is 5.32 Å². The minimum Gasteiger partial charge on any atom is -0.364 e. The van der Waals surface area contributed by atoms with Crippen molar-refractivity contribution < 1.29 is 4.79 Å². The number of anilines is 1. The highest BCUT2D eigenvalue weighted by molar-refractivity contribution is 6.09. The highest BCUT2D eigenvalue weighted by Crippen LogP contribution is 2.31. The van der Waals surface area contributed by atoms with Crippen molar-refractivity contribution in [2.24, 2.45) is 7.05 Å². The highest BCUT2D eigenvalue weighted by atomic mass is 16.1. The Morgan fingerprint density at radius 2 is 2.22 bits per heavy atom. The van der Waals surface area contributed by atoms with Crippen LogP contribution < -0.4 is 5.32 Å². The number of H-pyrrole nitrogens is 1. The second-order valence-electron chi connectivity index (χ2n) is 5.87. The quantitative estimate of drug-likeness (QED) is 0.760.